The molecule has 0 unspecified atom stereocenters. The number of allylic oxidation sites excluding steroid dienone is 1. The summed E-state index contributed by atoms with van der Waals surface area (Å²) >= 11 is 6.11. The van der Waals surface area contributed by atoms with E-state index in [1.54, 1.807) is 29.2 Å². The van der Waals surface area contributed by atoms with Gasteiger partial charge in [0.15, 0.2) is 0 Å². The van der Waals surface area contributed by atoms with E-state index in [0.717, 1.165) is 11.1 Å². The monoisotopic (exact) mass is 490 g/mol. The molecule has 0 fully saturated rings. The van der Waals surface area contributed by atoms with E-state index < -0.39 is 18.2 Å². The zero-order chi connectivity index (χ0) is 24.8. The lowest BCUT2D eigenvalue weighted by Crippen LogP contribution is -2.56. The molecule has 1 heterocycles. The third-order valence-electron chi connectivity index (χ3n) is 6.10. The quantitative estimate of drug-likeness (QED) is 0.436. The molecule has 3 aromatic rings. The van der Waals surface area contributed by atoms with Crippen molar-refractivity contribution in [2.75, 3.05) is 12.0 Å². The smallest absolute Gasteiger partial charge is 0.409 e. The zero-order valence-corrected chi connectivity index (χ0v) is 20.3. The van der Waals surface area contributed by atoms with Crippen molar-refractivity contribution >= 4 is 29.4 Å². The largest absolute Gasteiger partial charge is 0.464 e. The zero-order valence-electron chi connectivity index (χ0n) is 19.6. The lowest BCUT2D eigenvalue weighted by Gasteiger charge is -2.44. The fraction of sp³-hybridized carbons (Fsp3) is 0.214. The van der Waals surface area contributed by atoms with Crippen LogP contribution in [0.15, 0.2) is 96.7 Å². The molecule has 7 heteroatoms. The van der Waals surface area contributed by atoms with Crippen LogP contribution in [0.3, 0.4) is 0 Å². The summed E-state index contributed by atoms with van der Waals surface area (Å²) in [6.07, 6.45) is 0.722. The number of ether oxygens (including phenoxy) is 2. The molecule has 0 saturated heterocycles. The number of halogens is 1. The molecule has 0 aromatic heterocycles. The third kappa shape index (κ3) is 5.66. The Labute approximate surface area is 210 Å². The topological polar surface area (TPSA) is 67.9 Å². The van der Waals surface area contributed by atoms with E-state index in [-0.39, 0.29) is 18.4 Å². The van der Waals surface area contributed by atoms with Crippen LogP contribution >= 0.6 is 11.6 Å². The number of anilines is 1. The van der Waals surface area contributed by atoms with Crippen LogP contribution in [-0.2, 0) is 20.9 Å². The van der Waals surface area contributed by atoms with E-state index in [1.165, 1.54) is 7.11 Å². The molecule has 0 radical (unpaired) electrons. The van der Waals surface area contributed by atoms with Crippen LogP contribution in [0, 0.1) is 5.92 Å². The Morgan fingerprint density at radius 3 is 2.20 bits per heavy atom. The Morgan fingerprint density at radius 1 is 0.943 bits per heavy atom. The summed E-state index contributed by atoms with van der Waals surface area (Å²) in [6, 6.07) is 26.4. The first-order valence-corrected chi connectivity index (χ1v) is 11.7. The SMILES string of the molecule is COC(=O)C1=C[C@H](c2ccccc2)[C@@H](C)[C@H](NC(=O)OCc2ccccc2)N1c1ccc(Cl)cc1. The molecule has 1 aliphatic heterocycles. The second-order valence-corrected chi connectivity index (χ2v) is 8.77. The average molecular weight is 491 g/mol. The van der Waals surface area contributed by atoms with Gasteiger partial charge in [-0.3, -0.25) is 0 Å². The van der Waals surface area contributed by atoms with Gasteiger partial charge in [0.05, 0.1) is 7.11 Å². The van der Waals surface area contributed by atoms with Gasteiger partial charge in [-0.2, -0.15) is 0 Å². The Balaban J connectivity index is 1.70. The molecule has 0 aliphatic carbocycles. The second-order valence-electron chi connectivity index (χ2n) is 8.34. The minimum atomic E-state index is -0.594. The normalized spacial score (nSPS) is 19.5. The highest BCUT2D eigenvalue weighted by Gasteiger charge is 2.41. The van der Waals surface area contributed by atoms with Gasteiger partial charge in [-0.05, 0) is 41.5 Å². The lowest BCUT2D eigenvalue weighted by atomic mass is 9.81. The molecule has 180 valence electrons. The van der Waals surface area contributed by atoms with E-state index >= 15 is 0 Å². The molecule has 0 saturated carbocycles. The van der Waals surface area contributed by atoms with E-state index in [4.69, 9.17) is 21.1 Å². The number of amides is 1. The average Bonchev–Trinajstić information content (AvgIpc) is 2.89. The summed E-state index contributed by atoms with van der Waals surface area (Å²) in [4.78, 5) is 27.6. The Hall–Kier alpha value is -3.77. The number of hydrogen-bond acceptors (Lipinski definition) is 5. The highest BCUT2D eigenvalue weighted by Crippen LogP contribution is 2.39. The predicted octanol–water partition coefficient (Wildman–Crippen LogP) is 5.89. The molecular formula is C28H27ClN2O4. The summed E-state index contributed by atoms with van der Waals surface area (Å²) < 4.78 is 10.6. The molecule has 6 nitrogen and oxygen atoms in total. The fourth-order valence-corrected chi connectivity index (χ4v) is 4.44. The molecule has 1 amide bonds. The number of hydrogen-bond donors (Lipinski definition) is 1. The van der Waals surface area contributed by atoms with Crippen molar-refractivity contribution in [2.45, 2.75) is 25.6 Å². The fourth-order valence-electron chi connectivity index (χ4n) is 4.31. The van der Waals surface area contributed by atoms with Crippen molar-refractivity contribution < 1.29 is 19.1 Å². The number of nitrogens with zero attached hydrogens (tertiary/aromatic N) is 1. The molecule has 1 aliphatic rings. The van der Waals surface area contributed by atoms with E-state index in [9.17, 15) is 9.59 Å². The van der Waals surface area contributed by atoms with Crippen molar-refractivity contribution in [3.05, 3.63) is 113 Å². The summed E-state index contributed by atoms with van der Waals surface area (Å²) in [5.74, 6) is -0.767. The number of nitrogens with one attached hydrogen (secondary N) is 1. The van der Waals surface area contributed by atoms with Crippen molar-refractivity contribution in [3.8, 4) is 0 Å². The first-order valence-electron chi connectivity index (χ1n) is 11.3. The van der Waals surface area contributed by atoms with E-state index in [2.05, 4.69) is 5.32 Å². The van der Waals surface area contributed by atoms with Gasteiger partial charge in [-0.15, -0.1) is 0 Å². The van der Waals surface area contributed by atoms with Gasteiger partial charge in [-0.1, -0.05) is 79.2 Å². The van der Waals surface area contributed by atoms with Crippen LogP contribution in [0.25, 0.3) is 0 Å². The van der Waals surface area contributed by atoms with Crippen LogP contribution in [-0.4, -0.2) is 25.3 Å². The number of rotatable bonds is 6. The Morgan fingerprint density at radius 2 is 1.57 bits per heavy atom. The summed E-state index contributed by atoms with van der Waals surface area (Å²) in [5, 5.41) is 3.56. The Bertz CT molecular complexity index is 1180. The van der Waals surface area contributed by atoms with Crippen molar-refractivity contribution in [1.29, 1.82) is 0 Å². The second kappa shape index (κ2) is 11.1. The van der Waals surface area contributed by atoms with Crippen LogP contribution in [0.1, 0.15) is 24.0 Å². The van der Waals surface area contributed by atoms with Gasteiger partial charge < -0.3 is 19.7 Å². The molecule has 4 rings (SSSR count). The predicted molar refractivity (Wildman–Crippen MR) is 136 cm³/mol. The van der Waals surface area contributed by atoms with Gasteiger partial charge >= 0.3 is 12.1 Å². The van der Waals surface area contributed by atoms with Gasteiger partial charge in [-0.25, -0.2) is 9.59 Å². The molecule has 1 N–H and O–H groups in total. The third-order valence-corrected chi connectivity index (χ3v) is 6.35. The minimum absolute atomic E-state index is 0.120. The number of benzene rings is 3. The highest BCUT2D eigenvalue weighted by molar-refractivity contribution is 6.30. The number of alkyl carbamates (subject to hydrolysis) is 1. The Kier molecular flexibility index (Phi) is 7.73. The van der Waals surface area contributed by atoms with Gasteiger partial charge in [0, 0.05) is 22.5 Å². The first kappa shape index (κ1) is 24.4. The standard InChI is InChI=1S/C28H27ClN2O4/c1-19-24(21-11-7-4-8-12-21)17-25(27(32)34-2)31(23-15-13-22(29)14-16-23)26(19)30-28(33)35-18-20-9-5-3-6-10-20/h3-17,19,24,26H,18H2,1-2H3,(H,30,33)/t19-,24+,26-/m1/s1. The van der Waals surface area contributed by atoms with Crippen molar-refractivity contribution in [1.82, 2.24) is 5.32 Å². The summed E-state index contributed by atoms with van der Waals surface area (Å²) in [7, 11) is 1.34. The van der Waals surface area contributed by atoms with Gasteiger partial charge in [0.2, 0.25) is 0 Å². The van der Waals surface area contributed by atoms with Crippen molar-refractivity contribution in [3.63, 3.8) is 0 Å². The summed E-state index contributed by atoms with van der Waals surface area (Å²) in [5.41, 5.74) is 2.93. The molecule has 0 spiro atoms. The molecule has 3 atom stereocenters. The van der Waals surface area contributed by atoms with Crippen LogP contribution in [0.4, 0.5) is 10.5 Å². The minimum Gasteiger partial charge on any atom is -0.464 e. The van der Waals surface area contributed by atoms with Crippen LogP contribution in [0.2, 0.25) is 5.02 Å². The molecule has 0 bridgehead atoms. The van der Waals surface area contributed by atoms with Crippen LogP contribution in [0.5, 0.6) is 0 Å². The van der Waals surface area contributed by atoms with Gasteiger partial charge in [0.1, 0.15) is 18.5 Å². The maximum atomic E-state index is 12.9. The lowest BCUT2D eigenvalue weighted by molar-refractivity contribution is -0.136. The summed E-state index contributed by atoms with van der Waals surface area (Å²) in [6.45, 7) is 2.17. The number of carbonyl (C=O) groups excluding carboxylic acids is 2. The van der Waals surface area contributed by atoms with E-state index in [1.807, 2.05) is 73.7 Å². The molecule has 35 heavy (non-hydrogen) atoms. The number of esters is 1. The van der Waals surface area contributed by atoms with Gasteiger partial charge in [0.25, 0.3) is 0 Å². The number of methoxy groups -OCH3 is 1. The van der Waals surface area contributed by atoms with E-state index in [0.29, 0.717) is 16.4 Å². The first-order chi connectivity index (χ1) is 17.0. The maximum Gasteiger partial charge on any atom is 0.409 e. The van der Waals surface area contributed by atoms with Crippen LogP contribution < -0.4 is 10.2 Å². The highest BCUT2D eigenvalue weighted by atomic mass is 35.5. The molecular weight excluding hydrogens is 464 g/mol. The number of carbonyl (C=O) groups is 2. The molecule has 3 aromatic carbocycles. The maximum absolute atomic E-state index is 12.9. The van der Waals surface area contributed by atoms with Crippen molar-refractivity contribution in [2.24, 2.45) is 5.92 Å².